The Kier molecular flexibility index (Phi) is 10.4. The van der Waals surface area contributed by atoms with E-state index in [4.69, 9.17) is 14.5 Å². The summed E-state index contributed by atoms with van der Waals surface area (Å²) < 4.78 is 18.0. The van der Waals surface area contributed by atoms with E-state index in [9.17, 15) is 0 Å². The summed E-state index contributed by atoms with van der Waals surface area (Å²) in [6.45, 7) is 6.97. The monoisotopic (exact) mass is 559 g/mol. The number of rotatable bonds is 14. The van der Waals surface area contributed by atoms with E-state index in [2.05, 4.69) is 27.0 Å². The van der Waals surface area contributed by atoms with Gasteiger partial charge in [-0.3, -0.25) is 0 Å². The van der Waals surface area contributed by atoms with Crippen LogP contribution in [-0.2, 0) is 0 Å². The Morgan fingerprint density at radius 2 is 1.19 bits per heavy atom. The summed E-state index contributed by atoms with van der Waals surface area (Å²) in [5.41, 5.74) is 0. The van der Waals surface area contributed by atoms with Gasteiger partial charge in [0.1, 0.15) is 0 Å². The van der Waals surface area contributed by atoms with Gasteiger partial charge in [0.05, 0.1) is 0 Å². The van der Waals surface area contributed by atoms with Crippen LogP contribution in [0.4, 0.5) is 0 Å². The van der Waals surface area contributed by atoms with Crippen molar-refractivity contribution >= 4 is 32.6 Å². The van der Waals surface area contributed by atoms with Crippen molar-refractivity contribution in [3.8, 4) is 22.4 Å². The Hall–Kier alpha value is -1.53. The zero-order chi connectivity index (χ0) is 22.7. The van der Waals surface area contributed by atoms with Crippen LogP contribution < -0.4 is 12.4 Å². The molecule has 0 unspecified atom stereocenters. The first-order valence-corrected chi connectivity index (χ1v) is 20.5. The second kappa shape index (κ2) is 13.2. The van der Waals surface area contributed by atoms with E-state index in [0.29, 0.717) is 0 Å². The molecule has 3 aromatic rings. The third-order valence-electron chi connectivity index (χ3n) is 6.04. The average molecular weight is 558 g/mol. The second-order valence-electron chi connectivity index (χ2n) is 8.57. The number of hydrogen-bond donors (Lipinski definition) is 0. The average Bonchev–Trinajstić information content (AvgIpc) is 3.30. The van der Waals surface area contributed by atoms with Crippen molar-refractivity contribution in [3.63, 3.8) is 0 Å². The molecule has 0 amide bonds. The maximum absolute atomic E-state index is 6.16. The van der Waals surface area contributed by atoms with Crippen LogP contribution in [0.2, 0.25) is 13.3 Å². The molecule has 0 atom stereocenters. The molecule has 0 saturated carbocycles. The Labute approximate surface area is 202 Å². The van der Waals surface area contributed by atoms with Crippen molar-refractivity contribution in [2.75, 3.05) is 0 Å². The van der Waals surface area contributed by atoms with Gasteiger partial charge in [-0.1, -0.05) is 6.07 Å². The predicted octanol–water partition coefficient (Wildman–Crippen LogP) is 8.78. The summed E-state index contributed by atoms with van der Waals surface area (Å²) in [6.07, 6.45) is 10.1. The first kappa shape index (κ1) is 25.1. The molecule has 2 aromatic carbocycles. The van der Waals surface area contributed by atoms with Gasteiger partial charge in [0.15, 0.2) is 0 Å². The van der Waals surface area contributed by atoms with E-state index in [1.54, 1.807) is 2.89 Å². The first-order chi connectivity index (χ1) is 15.7. The van der Waals surface area contributed by atoms with Gasteiger partial charge in [0, 0.05) is 0 Å². The van der Waals surface area contributed by atoms with Crippen LogP contribution in [0.15, 0.2) is 60.8 Å². The van der Waals surface area contributed by atoms with Crippen LogP contribution in [0.3, 0.4) is 0 Å². The number of ether oxygens (including phenoxy) is 2. The van der Waals surface area contributed by atoms with Crippen molar-refractivity contribution < 1.29 is 9.47 Å². The van der Waals surface area contributed by atoms with Crippen molar-refractivity contribution in [1.29, 1.82) is 0 Å². The summed E-state index contributed by atoms with van der Waals surface area (Å²) in [5, 5.41) is 0.780. The normalized spacial score (nSPS) is 11.5. The van der Waals surface area contributed by atoms with Crippen LogP contribution in [0.1, 0.15) is 59.3 Å². The summed E-state index contributed by atoms with van der Waals surface area (Å²) in [6, 6.07) is 17.7. The van der Waals surface area contributed by atoms with Crippen molar-refractivity contribution in [2.24, 2.45) is 0 Å². The van der Waals surface area contributed by atoms with Gasteiger partial charge in [-0.25, -0.2) is 0 Å². The SMILES string of the molecule is CCC[CH2][Sn]([CH2]CCC)([CH2]CCC)[c]1cnc(Oc2ccc(Oc3ccccc3)cc2)s1. The van der Waals surface area contributed by atoms with Crippen LogP contribution in [0.5, 0.6) is 22.4 Å². The first-order valence-electron chi connectivity index (χ1n) is 12.2. The molecule has 0 spiro atoms. The number of thiazole rings is 1. The molecule has 0 radical (unpaired) electrons. The Bertz CT molecular complexity index is 889. The van der Waals surface area contributed by atoms with Gasteiger partial charge < -0.3 is 0 Å². The fourth-order valence-corrected chi connectivity index (χ4v) is 23.6. The fraction of sp³-hybridized carbons (Fsp3) is 0.444. The summed E-state index contributed by atoms with van der Waals surface area (Å²) in [4.78, 5) is 4.71. The van der Waals surface area contributed by atoms with Crippen molar-refractivity contribution in [2.45, 2.75) is 72.6 Å². The van der Waals surface area contributed by atoms with Crippen LogP contribution in [0.25, 0.3) is 0 Å². The third-order valence-corrected chi connectivity index (χ3v) is 25.1. The van der Waals surface area contributed by atoms with Gasteiger partial charge in [-0.2, -0.15) is 0 Å². The predicted molar refractivity (Wildman–Crippen MR) is 140 cm³/mol. The molecule has 0 bridgehead atoms. The standard InChI is InChI=1S/C15H10NO2S.3C4H9.Sn/c1-2-4-12(5-3-1)17-13-6-8-14(9-7-13)18-15-16-10-11-19-15;3*1-3-4-2;/h1-10H;3*1,3-4H2,2H3;. The van der Waals surface area contributed by atoms with Crippen molar-refractivity contribution in [1.82, 2.24) is 4.98 Å². The minimum atomic E-state index is -2.43. The van der Waals surface area contributed by atoms with Gasteiger partial charge in [-0.15, -0.1) is 0 Å². The number of benzene rings is 2. The summed E-state index contributed by atoms with van der Waals surface area (Å²) in [5.74, 6) is 2.45. The third kappa shape index (κ3) is 7.24. The fourth-order valence-electron chi connectivity index (χ4n) is 4.14. The Morgan fingerprint density at radius 1 is 0.688 bits per heavy atom. The van der Waals surface area contributed by atoms with Crippen LogP contribution in [-0.4, -0.2) is 23.4 Å². The van der Waals surface area contributed by atoms with E-state index < -0.39 is 18.4 Å². The van der Waals surface area contributed by atoms with Crippen LogP contribution in [0, 0.1) is 0 Å². The number of aromatic nitrogens is 1. The zero-order valence-electron chi connectivity index (χ0n) is 19.8. The van der Waals surface area contributed by atoms with Gasteiger partial charge in [-0.05, 0) is 0 Å². The molecule has 3 rings (SSSR count). The van der Waals surface area contributed by atoms with Crippen molar-refractivity contribution in [3.05, 3.63) is 60.8 Å². The molecule has 0 aliphatic rings. The molecule has 32 heavy (non-hydrogen) atoms. The second-order valence-corrected chi connectivity index (χ2v) is 23.7. The quantitative estimate of drug-likeness (QED) is 0.185. The van der Waals surface area contributed by atoms with E-state index in [-0.39, 0.29) is 0 Å². The molecule has 3 nitrogen and oxygen atoms in total. The Balaban J connectivity index is 1.71. The van der Waals surface area contributed by atoms with Gasteiger partial charge in [0.2, 0.25) is 0 Å². The van der Waals surface area contributed by atoms with Gasteiger partial charge >= 0.3 is 197 Å². The van der Waals surface area contributed by atoms with Crippen LogP contribution >= 0.6 is 11.3 Å². The molecule has 0 aliphatic heterocycles. The zero-order valence-corrected chi connectivity index (χ0v) is 23.5. The molecule has 0 saturated heterocycles. The van der Waals surface area contributed by atoms with Gasteiger partial charge in [0.25, 0.3) is 0 Å². The summed E-state index contributed by atoms with van der Waals surface area (Å²) >= 11 is -0.613. The van der Waals surface area contributed by atoms with E-state index >= 15 is 0 Å². The van der Waals surface area contributed by atoms with E-state index in [1.807, 2.05) is 65.9 Å². The molecule has 0 fully saturated rings. The Morgan fingerprint density at radius 3 is 1.72 bits per heavy atom. The number of para-hydroxylation sites is 1. The summed E-state index contributed by atoms with van der Waals surface area (Å²) in [7, 11) is 0. The molecule has 1 heterocycles. The molecule has 0 N–H and O–H groups in total. The van der Waals surface area contributed by atoms with E-state index in [1.165, 1.54) is 51.8 Å². The molecule has 5 heteroatoms. The number of hydrogen-bond acceptors (Lipinski definition) is 4. The molecular formula is C27H37NO2SSn. The molecular weight excluding hydrogens is 521 g/mol. The minimum absolute atomic E-state index is 0.780. The molecule has 0 aliphatic carbocycles. The maximum atomic E-state index is 6.16. The number of unbranched alkanes of at least 4 members (excludes halogenated alkanes) is 3. The number of nitrogens with zero attached hydrogens (tertiary/aromatic N) is 1. The molecule has 1 aromatic heterocycles. The van der Waals surface area contributed by atoms with E-state index in [0.717, 1.165) is 22.4 Å². The topological polar surface area (TPSA) is 31.4 Å². The molecule has 172 valence electrons.